The lowest BCUT2D eigenvalue weighted by molar-refractivity contribution is -0.278. The molecule has 0 aromatic heterocycles. The number of esters is 1. The normalized spacial score (nSPS) is 26.4. The first-order chi connectivity index (χ1) is 20.2. The fourth-order valence-electron chi connectivity index (χ4n) is 4.79. The zero-order chi connectivity index (χ0) is 31.6. The summed E-state index contributed by atoms with van der Waals surface area (Å²) in [5, 5.41) is 69.9. The van der Waals surface area contributed by atoms with Gasteiger partial charge < -0.3 is 59.4 Å². The van der Waals surface area contributed by atoms with Gasteiger partial charge in [-0.1, -0.05) is 6.07 Å². The molecule has 0 aliphatic carbocycles. The van der Waals surface area contributed by atoms with Crippen LogP contribution in [0.1, 0.15) is 48.2 Å². The SMILES string of the molecule is COc1cc([C@@H]2CC(=O)c3c(O)cc(O)cc3O2)ccc1O[C@@H]1O[C@H](COC(=O)CC(C)(O)CC(=O)O)[C@@H](O)[C@H](O)[C@H]1O. The number of methoxy groups -OCH3 is 1. The number of carboxylic acids is 1. The van der Waals surface area contributed by atoms with Crippen molar-refractivity contribution in [2.45, 2.75) is 68.6 Å². The number of Topliss-reactive ketones (excluding diaryl/α,β-unsaturated/α-hetero) is 1. The van der Waals surface area contributed by atoms with Gasteiger partial charge in [-0.05, 0) is 24.6 Å². The number of aliphatic carboxylic acids is 1. The molecule has 15 heteroatoms. The summed E-state index contributed by atoms with van der Waals surface area (Å²) >= 11 is 0. The Bertz CT molecular complexity index is 1370. The number of carbonyl (C=O) groups excluding carboxylic acids is 2. The molecule has 2 heterocycles. The van der Waals surface area contributed by atoms with E-state index in [1.165, 1.54) is 31.4 Å². The largest absolute Gasteiger partial charge is 0.508 e. The molecule has 2 aliphatic heterocycles. The molecule has 15 nitrogen and oxygen atoms in total. The van der Waals surface area contributed by atoms with Crippen LogP contribution in [0.2, 0.25) is 0 Å². The molecule has 234 valence electrons. The molecule has 0 spiro atoms. The van der Waals surface area contributed by atoms with Crippen molar-refractivity contribution in [3.63, 3.8) is 0 Å². The Balaban J connectivity index is 1.45. The second-order valence-electron chi connectivity index (χ2n) is 10.5. The van der Waals surface area contributed by atoms with Crippen LogP contribution in [-0.2, 0) is 19.1 Å². The summed E-state index contributed by atoms with van der Waals surface area (Å²) in [6.07, 6.45) is -10.5. The predicted octanol–water partition coefficient (Wildman–Crippen LogP) is 0.158. The van der Waals surface area contributed by atoms with E-state index in [1.54, 1.807) is 0 Å². The molecule has 0 radical (unpaired) electrons. The lowest BCUT2D eigenvalue weighted by Gasteiger charge is -2.40. The van der Waals surface area contributed by atoms with Gasteiger partial charge >= 0.3 is 11.9 Å². The number of phenols is 2. The number of rotatable bonds is 10. The Hall–Kier alpha value is -4.15. The van der Waals surface area contributed by atoms with E-state index in [1.807, 2.05) is 0 Å². The lowest BCUT2D eigenvalue weighted by atomic mass is 9.95. The van der Waals surface area contributed by atoms with E-state index < -0.39 is 85.3 Å². The fraction of sp³-hybridized carbons (Fsp3) is 0.464. The highest BCUT2D eigenvalue weighted by atomic mass is 16.7. The third-order valence-electron chi connectivity index (χ3n) is 6.92. The Morgan fingerprint density at radius 3 is 2.42 bits per heavy atom. The molecule has 7 N–H and O–H groups in total. The van der Waals surface area contributed by atoms with Gasteiger partial charge in [0.25, 0.3) is 0 Å². The zero-order valence-electron chi connectivity index (χ0n) is 23.1. The monoisotopic (exact) mass is 608 g/mol. The van der Waals surface area contributed by atoms with Crippen LogP contribution in [-0.4, -0.2) is 103 Å². The molecular formula is C28H32O15. The Morgan fingerprint density at radius 1 is 1.02 bits per heavy atom. The minimum atomic E-state index is -1.89. The highest BCUT2D eigenvalue weighted by molar-refractivity contribution is 6.02. The number of carbonyl (C=O) groups is 3. The maximum atomic E-state index is 12.7. The second kappa shape index (κ2) is 12.6. The molecule has 0 bridgehead atoms. The van der Waals surface area contributed by atoms with Crippen molar-refractivity contribution in [3.05, 3.63) is 41.5 Å². The first-order valence-electron chi connectivity index (χ1n) is 13.1. The van der Waals surface area contributed by atoms with Crippen LogP contribution >= 0.6 is 0 Å². The maximum absolute atomic E-state index is 12.7. The van der Waals surface area contributed by atoms with Crippen LogP contribution in [0.4, 0.5) is 0 Å². The van der Waals surface area contributed by atoms with Crippen LogP contribution in [0.3, 0.4) is 0 Å². The molecule has 7 atom stereocenters. The number of aromatic hydroxyl groups is 2. The summed E-state index contributed by atoms with van der Waals surface area (Å²) in [4.78, 5) is 35.7. The van der Waals surface area contributed by atoms with Crippen molar-refractivity contribution in [3.8, 4) is 28.7 Å². The summed E-state index contributed by atoms with van der Waals surface area (Å²) in [6.45, 7) is 0.520. The topological polar surface area (TPSA) is 239 Å². The van der Waals surface area contributed by atoms with Gasteiger partial charge in [-0.3, -0.25) is 14.4 Å². The minimum absolute atomic E-state index is 0.00144. The van der Waals surface area contributed by atoms with Crippen molar-refractivity contribution in [2.24, 2.45) is 0 Å². The van der Waals surface area contributed by atoms with E-state index in [9.17, 15) is 45.0 Å². The van der Waals surface area contributed by atoms with Crippen molar-refractivity contribution in [2.75, 3.05) is 13.7 Å². The average molecular weight is 609 g/mol. The van der Waals surface area contributed by atoms with Gasteiger partial charge in [0.05, 0.1) is 32.0 Å². The number of hydrogen-bond acceptors (Lipinski definition) is 14. The number of ether oxygens (including phenoxy) is 5. The van der Waals surface area contributed by atoms with Gasteiger partial charge in [0.15, 0.2) is 17.3 Å². The van der Waals surface area contributed by atoms with E-state index >= 15 is 0 Å². The first-order valence-corrected chi connectivity index (χ1v) is 13.1. The molecule has 4 rings (SSSR count). The molecule has 2 aromatic carbocycles. The summed E-state index contributed by atoms with van der Waals surface area (Å²) in [5.41, 5.74) is -1.46. The van der Waals surface area contributed by atoms with Gasteiger partial charge in [-0.15, -0.1) is 0 Å². The first kappa shape index (κ1) is 31.8. The molecule has 1 saturated heterocycles. The van der Waals surface area contributed by atoms with E-state index in [4.69, 9.17) is 28.8 Å². The predicted molar refractivity (Wildman–Crippen MR) is 141 cm³/mol. The van der Waals surface area contributed by atoms with Crippen molar-refractivity contribution in [1.82, 2.24) is 0 Å². The quantitative estimate of drug-likeness (QED) is 0.178. The molecule has 0 amide bonds. The van der Waals surface area contributed by atoms with Gasteiger partial charge in [0.2, 0.25) is 6.29 Å². The van der Waals surface area contributed by atoms with Crippen LogP contribution in [0.25, 0.3) is 0 Å². The Morgan fingerprint density at radius 2 is 1.74 bits per heavy atom. The number of carboxylic acid groups (broad SMARTS) is 1. The highest BCUT2D eigenvalue weighted by Gasteiger charge is 2.46. The third-order valence-corrected chi connectivity index (χ3v) is 6.92. The maximum Gasteiger partial charge on any atom is 0.308 e. The number of hydrogen-bond donors (Lipinski definition) is 7. The van der Waals surface area contributed by atoms with Crippen LogP contribution in [0.5, 0.6) is 28.7 Å². The van der Waals surface area contributed by atoms with Crippen molar-refractivity contribution < 1.29 is 73.8 Å². The van der Waals surface area contributed by atoms with Gasteiger partial charge in [-0.25, -0.2) is 0 Å². The van der Waals surface area contributed by atoms with Gasteiger partial charge in [0, 0.05) is 12.1 Å². The highest BCUT2D eigenvalue weighted by Crippen LogP contribution is 2.43. The van der Waals surface area contributed by atoms with E-state index in [2.05, 4.69) is 0 Å². The average Bonchev–Trinajstić information content (AvgIpc) is 2.91. The number of ketones is 1. The Labute approximate surface area is 244 Å². The zero-order valence-corrected chi connectivity index (χ0v) is 23.1. The lowest BCUT2D eigenvalue weighted by Crippen LogP contribution is -2.60. The number of phenolic OH excluding ortho intramolecular Hbond substituents is 2. The van der Waals surface area contributed by atoms with Gasteiger partial charge in [0.1, 0.15) is 59.9 Å². The number of fused-ring (bicyclic) bond motifs is 1. The summed E-state index contributed by atoms with van der Waals surface area (Å²) < 4.78 is 27.5. The van der Waals surface area contributed by atoms with Gasteiger partial charge in [-0.2, -0.15) is 0 Å². The third kappa shape index (κ3) is 7.26. The fourth-order valence-corrected chi connectivity index (χ4v) is 4.79. The molecule has 1 fully saturated rings. The molecule has 2 aromatic rings. The second-order valence-corrected chi connectivity index (χ2v) is 10.5. The van der Waals surface area contributed by atoms with E-state index in [0.29, 0.717) is 5.56 Å². The van der Waals surface area contributed by atoms with E-state index in [-0.39, 0.29) is 35.0 Å². The van der Waals surface area contributed by atoms with Crippen LogP contribution in [0.15, 0.2) is 30.3 Å². The minimum Gasteiger partial charge on any atom is -0.508 e. The molecule has 0 saturated carbocycles. The molecule has 43 heavy (non-hydrogen) atoms. The smallest absolute Gasteiger partial charge is 0.308 e. The van der Waals surface area contributed by atoms with Crippen molar-refractivity contribution in [1.29, 1.82) is 0 Å². The summed E-state index contributed by atoms with van der Waals surface area (Å²) in [7, 11) is 1.32. The summed E-state index contributed by atoms with van der Waals surface area (Å²) in [6, 6.07) is 6.69. The number of aliphatic hydroxyl groups excluding tert-OH is 3. The summed E-state index contributed by atoms with van der Waals surface area (Å²) in [5.74, 6) is -3.29. The van der Waals surface area contributed by atoms with Crippen molar-refractivity contribution >= 4 is 17.7 Å². The number of aliphatic hydroxyl groups is 4. The number of benzene rings is 2. The van der Waals surface area contributed by atoms with E-state index in [0.717, 1.165) is 13.0 Å². The Kier molecular flexibility index (Phi) is 9.32. The molecule has 2 aliphatic rings. The standard InChI is InChI=1S/C28H32O15/c1-28(38,9-21(32)33)10-22(34)40-11-20-24(35)25(36)26(37)27(43-20)42-16-4-3-12(5-18(16)39-2)17-8-15(31)23-14(30)6-13(29)7-19(23)41-17/h3-7,17,20,24-27,29-30,35-38H,8-11H2,1-2H3,(H,32,33)/t17-,20+,24+,25-,26+,27+,28?/m0/s1. The van der Waals surface area contributed by atoms with Crippen LogP contribution in [0, 0.1) is 0 Å². The molecular weight excluding hydrogens is 576 g/mol. The van der Waals surface area contributed by atoms with Crippen LogP contribution < -0.4 is 14.2 Å². The molecule has 1 unspecified atom stereocenters.